The molecular formula is C23H36N2O2. The van der Waals surface area contributed by atoms with Crippen LogP contribution in [0, 0.1) is 11.8 Å². The van der Waals surface area contributed by atoms with E-state index in [1.807, 2.05) is 0 Å². The lowest BCUT2D eigenvalue weighted by Crippen LogP contribution is -2.36. The molecule has 0 aromatic heterocycles. The van der Waals surface area contributed by atoms with Crippen LogP contribution in [0.2, 0.25) is 0 Å². The third kappa shape index (κ3) is 6.32. The number of carbonyl (C=O) groups excluding carboxylic acids is 1. The summed E-state index contributed by atoms with van der Waals surface area (Å²) in [4.78, 5) is 15.1. The molecule has 150 valence electrons. The molecule has 1 saturated heterocycles. The number of amides is 1. The van der Waals surface area contributed by atoms with Gasteiger partial charge in [-0.15, -0.1) is 0 Å². The standard InChI is InChI=1S/C23H36N2O2/c1-2-3-6-19-9-11-20(12-10-19)23(26)24-17-21-7-4-5-8-22(21)18-25-13-15-27-16-14-25/h4-5,7-8,19-20H,2-3,6,9-18H2,1H3,(H,24,26). The fourth-order valence-corrected chi connectivity index (χ4v) is 4.42. The van der Waals surface area contributed by atoms with Crippen molar-refractivity contribution >= 4 is 5.91 Å². The van der Waals surface area contributed by atoms with E-state index in [1.54, 1.807) is 0 Å². The average molecular weight is 373 g/mol. The highest BCUT2D eigenvalue weighted by Crippen LogP contribution is 2.32. The zero-order valence-electron chi connectivity index (χ0n) is 16.9. The van der Waals surface area contributed by atoms with Gasteiger partial charge in [0, 0.05) is 32.1 Å². The molecule has 0 spiro atoms. The summed E-state index contributed by atoms with van der Waals surface area (Å²) < 4.78 is 5.44. The molecule has 1 saturated carbocycles. The smallest absolute Gasteiger partial charge is 0.223 e. The van der Waals surface area contributed by atoms with Gasteiger partial charge < -0.3 is 10.1 Å². The van der Waals surface area contributed by atoms with Gasteiger partial charge in [-0.2, -0.15) is 0 Å². The molecule has 0 bridgehead atoms. The molecule has 2 aliphatic rings. The minimum absolute atomic E-state index is 0.217. The first-order valence-corrected chi connectivity index (χ1v) is 10.9. The lowest BCUT2D eigenvalue weighted by Gasteiger charge is -2.28. The second-order valence-electron chi connectivity index (χ2n) is 8.23. The topological polar surface area (TPSA) is 41.6 Å². The molecule has 0 radical (unpaired) electrons. The van der Waals surface area contributed by atoms with Crippen molar-refractivity contribution in [3.05, 3.63) is 35.4 Å². The zero-order chi connectivity index (χ0) is 18.9. The molecule has 1 N–H and O–H groups in total. The number of benzene rings is 1. The van der Waals surface area contributed by atoms with Crippen molar-refractivity contribution in [2.24, 2.45) is 11.8 Å². The molecule has 4 heteroatoms. The van der Waals surface area contributed by atoms with Gasteiger partial charge in [0.2, 0.25) is 5.91 Å². The Morgan fingerprint density at radius 1 is 1.11 bits per heavy atom. The fraction of sp³-hybridized carbons (Fsp3) is 0.696. The lowest BCUT2D eigenvalue weighted by atomic mass is 9.79. The molecular weight excluding hydrogens is 336 g/mol. The van der Waals surface area contributed by atoms with Crippen molar-refractivity contribution in [1.29, 1.82) is 0 Å². The van der Waals surface area contributed by atoms with Crippen LogP contribution < -0.4 is 5.32 Å². The van der Waals surface area contributed by atoms with Gasteiger partial charge in [0.25, 0.3) is 0 Å². The highest BCUT2D eigenvalue weighted by molar-refractivity contribution is 5.78. The maximum Gasteiger partial charge on any atom is 0.223 e. The van der Waals surface area contributed by atoms with Crippen molar-refractivity contribution < 1.29 is 9.53 Å². The average Bonchev–Trinajstić information content (AvgIpc) is 2.72. The quantitative estimate of drug-likeness (QED) is 0.746. The van der Waals surface area contributed by atoms with Gasteiger partial charge in [-0.05, 0) is 42.7 Å². The Hall–Kier alpha value is -1.39. The highest BCUT2D eigenvalue weighted by atomic mass is 16.5. The van der Waals surface area contributed by atoms with E-state index in [-0.39, 0.29) is 11.8 Å². The summed E-state index contributed by atoms with van der Waals surface area (Å²) in [6.07, 6.45) is 8.55. The summed E-state index contributed by atoms with van der Waals surface area (Å²) in [6, 6.07) is 8.51. The number of rotatable bonds is 8. The van der Waals surface area contributed by atoms with Crippen LogP contribution in [0.25, 0.3) is 0 Å². The molecule has 1 heterocycles. The summed E-state index contributed by atoms with van der Waals surface area (Å²) >= 11 is 0. The number of nitrogens with zero attached hydrogens (tertiary/aromatic N) is 1. The predicted octanol–water partition coefficient (Wildman–Crippen LogP) is 4.13. The van der Waals surface area contributed by atoms with E-state index < -0.39 is 0 Å². The fourth-order valence-electron chi connectivity index (χ4n) is 4.42. The molecule has 0 atom stereocenters. The molecule has 1 aromatic carbocycles. The van der Waals surface area contributed by atoms with Gasteiger partial charge in [-0.1, -0.05) is 50.5 Å². The van der Waals surface area contributed by atoms with Crippen molar-refractivity contribution in [3.63, 3.8) is 0 Å². The maximum absolute atomic E-state index is 12.7. The first kappa shape index (κ1) is 20.3. The van der Waals surface area contributed by atoms with Crippen molar-refractivity contribution in [2.45, 2.75) is 65.0 Å². The normalized spacial score (nSPS) is 23.9. The lowest BCUT2D eigenvalue weighted by molar-refractivity contribution is -0.126. The van der Waals surface area contributed by atoms with Crippen LogP contribution in [0.4, 0.5) is 0 Å². The minimum Gasteiger partial charge on any atom is -0.379 e. The number of ether oxygens (including phenoxy) is 1. The van der Waals surface area contributed by atoms with Crippen LogP contribution in [-0.2, 0) is 22.6 Å². The van der Waals surface area contributed by atoms with Crippen molar-refractivity contribution in [3.8, 4) is 0 Å². The largest absolute Gasteiger partial charge is 0.379 e. The van der Waals surface area contributed by atoms with Crippen molar-refractivity contribution in [1.82, 2.24) is 10.2 Å². The third-order valence-electron chi connectivity index (χ3n) is 6.25. The van der Waals surface area contributed by atoms with E-state index >= 15 is 0 Å². The monoisotopic (exact) mass is 372 g/mol. The molecule has 2 fully saturated rings. The Kier molecular flexibility index (Phi) is 8.15. The molecule has 1 aliphatic heterocycles. The van der Waals surface area contributed by atoms with Crippen LogP contribution in [-0.4, -0.2) is 37.1 Å². The SMILES string of the molecule is CCCCC1CCC(C(=O)NCc2ccccc2CN2CCOCC2)CC1. The summed E-state index contributed by atoms with van der Waals surface area (Å²) in [5, 5.41) is 3.22. The number of hydrogen-bond donors (Lipinski definition) is 1. The highest BCUT2D eigenvalue weighted by Gasteiger charge is 2.25. The number of hydrogen-bond acceptors (Lipinski definition) is 3. The summed E-state index contributed by atoms with van der Waals surface area (Å²) in [7, 11) is 0. The van der Waals surface area contributed by atoms with Crippen LogP contribution >= 0.6 is 0 Å². The number of nitrogens with one attached hydrogen (secondary N) is 1. The van der Waals surface area contributed by atoms with E-state index in [4.69, 9.17) is 4.74 Å². The maximum atomic E-state index is 12.7. The number of unbranched alkanes of at least 4 members (excludes halogenated alkanes) is 1. The Balaban J connectivity index is 1.46. The van der Waals surface area contributed by atoms with Crippen LogP contribution in [0.15, 0.2) is 24.3 Å². The Morgan fingerprint density at radius 2 is 1.81 bits per heavy atom. The first-order chi connectivity index (χ1) is 13.3. The van der Waals surface area contributed by atoms with E-state index in [2.05, 4.69) is 41.4 Å². The molecule has 0 unspecified atom stereocenters. The minimum atomic E-state index is 0.217. The first-order valence-electron chi connectivity index (χ1n) is 10.9. The Bertz CT molecular complexity index is 575. The van der Waals surface area contributed by atoms with Gasteiger partial charge in [-0.25, -0.2) is 0 Å². The van der Waals surface area contributed by atoms with Gasteiger partial charge >= 0.3 is 0 Å². The van der Waals surface area contributed by atoms with E-state index in [1.165, 1.54) is 43.2 Å². The predicted molar refractivity (Wildman–Crippen MR) is 109 cm³/mol. The second kappa shape index (κ2) is 10.8. The third-order valence-corrected chi connectivity index (χ3v) is 6.25. The summed E-state index contributed by atoms with van der Waals surface area (Å²) in [5.74, 6) is 1.32. The molecule has 4 nitrogen and oxygen atoms in total. The van der Waals surface area contributed by atoms with Crippen LogP contribution in [0.3, 0.4) is 0 Å². The Labute approximate surface area is 164 Å². The second-order valence-corrected chi connectivity index (χ2v) is 8.23. The van der Waals surface area contributed by atoms with Crippen LogP contribution in [0.5, 0.6) is 0 Å². The number of carbonyl (C=O) groups is 1. The van der Waals surface area contributed by atoms with Gasteiger partial charge in [-0.3, -0.25) is 9.69 Å². The van der Waals surface area contributed by atoms with Crippen LogP contribution in [0.1, 0.15) is 63.0 Å². The zero-order valence-corrected chi connectivity index (χ0v) is 16.9. The van der Waals surface area contributed by atoms with E-state index in [0.717, 1.165) is 51.6 Å². The molecule has 3 rings (SSSR count). The van der Waals surface area contributed by atoms with Gasteiger partial charge in [0.05, 0.1) is 13.2 Å². The molecule has 1 amide bonds. The van der Waals surface area contributed by atoms with Gasteiger partial charge in [0.1, 0.15) is 0 Å². The molecule has 27 heavy (non-hydrogen) atoms. The molecule has 1 aliphatic carbocycles. The van der Waals surface area contributed by atoms with E-state index in [0.29, 0.717) is 6.54 Å². The Morgan fingerprint density at radius 3 is 2.52 bits per heavy atom. The summed E-state index contributed by atoms with van der Waals surface area (Å²) in [6.45, 7) is 7.46. The van der Waals surface area contributed by atoms with Crippen molar-refractivity contribution in [2.75, 3.05) is 26.3 Å². The number of morpholine rings is 1. The molecule has 1 aromatic rings. The summed E-state index contributed by atoms with van der Waals surface area (Å²) in [5.41, 5.74) is 2.57. The van der Waals surface area contributed by atoms with E-state index in [9.17, 15) is 4.79 Å². The van der Waals surface area contributed by atoms with Gasteiger partial charge in [0.15, 0.2) is 0 Å².